The van der Waals surface area contributed by atoms with E-state index in [0.717, 1.165) is 0 Å². The van der Waals surface area contributed by atoms with E-state index >= 15 is 0 Å². The highest BCUT2D eigenvalue weighted by molar-refractivity contribution is 9.10. The lowest BCUT2D eigenvalue weighted by Gasteiger charge is -2.12. The summed E-state index contributed by atoms with van der Waals surface area (Å²) in [6.07, 6.45) is 2.00. The Kier molecular flexibility index (Phi) is 6.32. The summed E-state index contributed by atoms with van der Waals surface area (Å²) in [7, 11) is 1.30. The standard InChI is InChI=1S/C13H16BrN3O4/c1-3-8-9(4-5-16-7-12(18)21-2)13(15)11(17(19)20)6-10(8)14/h3,6,16H,1,4-5,7,15H2,2H3. The molecule has 8 heteroatoms. The zero-order chi connectivity index (χ0) is 16.0. The van der Waals surface area contributed by atoms with E-state index in [9.17, 15) is 14.9 Å². The Balaban J connectivity index is 2.96. The largest absolute Gasteiger partial charge is 0.468 e. The average molecular weight is 358 g/mol. The first-order valence-corrected chi connectivity index (χ1v) is 6.86. The van der Waals surface area contributed by atoms with Gasteiger partial charge in [-0.15, -0.1) is 0 Å². The Morgan fingerprint density at radius 1 is 1.67 bits per heavy atom. The molecule has 1 aromatic carbocycles. The van der Waals surface area contributed by atoms with E-state index in [1.165, 1.54) is 13.2 Å². The number of esters is 1. The number of anilines is 1. The minimum Gasteiger partial charge on any atom is -0.468 e. The number of methoxy groups -OCH3 is 1. The van der Waals surface area contributed by atoms with Crippen LogP contribution in [0.15, 0.2) is 17.1 Å². The summed E-state index contributed by atoms with van der Waals surface area (Å²) in [5, 5.41) is 13.9. The molecular formula is C13H16BrN3O4. The number of nitro groups is 1. The molecule has 0 saturated heterocycles. The monoisotopic (exact) mass is 357 g/mol. The molecule has 0 saturated carbocycles. The second-order valence-corrected chi connectivity index (χ2v) is 5.00. The molecule has 3 N–H and O–H groups in total. The molecule has 0 aromatic heterocycles. The van der Waals surface area contributed by atoms with Gasteiger partial charge < -0.3 is 15.8 Å². The maximum Gasteiger partial charge on any atom is 0.319 e. The van der Waals surface area contributed by atoms with Crippen molar-refractivity contribution in [1.82, 2.24) is 5.32 Å². The molecule has 0 aliphatic rings. The molecule has 0 atom stereocenters. The first kappa shape index (κ1) is 17.1. The van der Waals surface area contributed by atoms with Gasteiger partial charge in [0.05, 0.1) is 18.6 Å². The molecule has 0 spiro atoms. The molecule has 0 aliphatic carbocycles. The third-order valence-electron chi connectivity index (χ3n) is 2.90. The van der Waals surface area contributed by atoms with E-state index in [0.29, 0.717) is 28.6 Å². The Morgan fingerprint density at radius 3 is 2.86 bits per heavy atom. The van der Waals surface area contributed by atoms with Crippen LogP contribution in [0.1, 0.15) is 11.1 Å². The zero-order valence-electron chi connectivity index (χ0n) is 11.5. The van der Waals surface area contributed by atoms with Gasteiger partial charge in [0.1, 0.15) is 5.69 Å². The van der Waals surface area contributed by atoms with Crippen molar-refractivity contribution >= 4 is 39.4 Å². The van der Waals surface area contributed by atoms with Crippen LogP contribution >= 0.6 is 15.9 Å². The number of benzene rings is 1. The second kappa shape index (κ2) is 7.75. The smallest absolute Gasteiger partial charge is 0.319 e. The summed E-state index contributed by atoms with van der Waals surface area (Å²) >= 11 is 3.28. The number of nitrogen functional groups attached to an aromatic ring is 1. The molecule has 0 unspecified atom stereocenters. The van der Waals surface area contributed by atoms with Gasteiger partial charge in [0.2, 0.25) is 0 Å². The zero-order valence-corrected chi connectivity index (χ0v) is 13.1. The number of nitrogens with two attached hydrogens (primary N) is 1. The van der Waals surface area contributed by atoms with Crippen LogP contribution < -0.4 is 11.1 Å². The molecule has 0 fully saturated rings. The molecule has 0 bridgehead atoms. The van der Waals surface area contributed by atoms with E-state index < -0.39 is 4.92 Å². The Bertz CT molecular complexity index is 575. The second-order valence-electron chi connectivity index (χ2n) is 4.15. The molecule has 21 heavy (non-hydrogen) atoms. The highest BCUT2D eigenvalue weighted by atomic mass is 79.9. The number of hydrogen-bond donors (Lipinski definition) is 2. The number of carbonyl (C=O) groups is 1. The fraction of sp³-hybridized carbons (Fsp3) is 0.308. The van der Waals surface area contributed by atoms with E-state index in [1.807, 2.05) is 0 Å². The SMILES string of the molecule is C=Cc1c(Br)cc([N+](=O)[O-])c(N)c1CCNCC(=O)OC. The molecule has 0 aliphatic heterocycles. The van der Waals surface area contributed by atoms with Crippen LogP contribution in [-0.2, 0) is 16.0 Å². The van der Waals surface area contributed by atoms with Gasteiger partial charge in [0.15, 0.2) is 0 Å². The van der Waals surface area contributed by atoms with Crippen molar-refractivity contribution in [3.8, 4) is 0 Å². The highest BCUT2D eigenvalue weighted by Gasteiger charge is 2.20. The van der Waals surface area contributed by atoms with Crippen molar-refractivity contribution < 1.29 is 14.5 Å². The van der Waals surface area contributed by atoms with Crippen molar-refractivity contribution in [3.05, 3.63) is 38.4 Å². The molecule has 7 nitrogen and oxygen atoms in total. The maximum absolute atomic E-state index is 11.0. The quantitative estimate of drug-likeness (QED) is 0.253. The lowest BCUT2D eigenvalue weighted by atomic mass is 10.0. The molecule has 0 amide bonds. The van der Waals surface area contributed by atoms with Crippen molar-refractivity contribution in [3.63, 3.8) is 0 Å². The van der Waals surface area contributed by atoms with Crippen LogP contribution in [-0.4, -0.2) is 31.1 Å². The average Bonchev–Trinajstić information content (AvgIpc) is 2.45. The van der Waals surface area contributed by atoms with Gasteiger partial charge in [-0.05, 0) is 40.0 Å². The van der Waals surface area contributed by atoms with Crippen molar-refractivity contribution in [2.24, 2.45) is 0 Å². The van der Waals surface area contributed by atoms with Gasteiger partial charge in [-0.25, -0.2) is 0 Å². The number of halogens is 1. The fourth-order valence-corrected chi connectivity index (χ4v) is 2.45. The summed E-state index contributed by atoms with van der Waals surface area (Å²) in [4.78, 5) is 21.4. The van der Waals surface area contributed by atoms with Gasteiger partial charge >= 0.3 is 5.97 Å². The Hall–Kier alpha value is -1.93. The lowest BCUT2D eigenvalue weighted by molar-refractivity contribution is -0.384. The molecule has 114 valence electrons. The number of nitro benzene ring substituents is 1. The summed E-state index contributed by atoms with van der Waals surface area (Å²) < 4.78 is 5.06. The number of rotatable bonds is 7. The number of carbonyl (C=O) groups excluding carboxylic acids is 1. The summed E-state index contributed by atoms with van der Waals surface area (Å²) in [6.45, 7) is 4.18. The number of nitrogens with one attached hydrogen (secondary N) is 1. The number of hydrogen-bond acceptors (Lipinski definition) is 6. The van der Waals surface area contributed by atoms with Crippen LogP contribution in [0.25, 0.3) is 6.08 Å². The number of nitrogens with zero attached hydrogens (tertiary/aromatic N) is 1. The van der Waals surface area contributed by atoms with Crippen molar-refractivity contribution in [2.75, 3.05) is 25.9 Å². The maximum atomic E-state index is 11.0. The third kappa shape index (κ3) is 4.27. The first-order valence-electron chi connectivity index (χ1n) is 6.07. The number of ether oxygens (including phenoxy) is 1. The summed E-state index contributed by atoms with van der Waals surface area (Å²) in [5.41, 5.74) is 7.14. The van der Waals surface area contributed by atoms with E-state index in [4.69, 9.17) is 5.73 Å². The highest BCUT2D eigenvalue weighted by Crippen LogP contribution is 2.35. The minimum absolute atomic E-state index is 0.0654. The van der Waals surface area contributed by atoms with Crippen molar-refractivity contribution in [2.45, 2.75) is 6.42 Å². The first-order chi connectivity index (χ1) is 9.92. The van der Waals surface area contributed by atoms with Crippen LogP contribution in [0.5, 0.6) is 0 Å². The molecule has 0 heterocycles. The summed E-state index contributed by atoms with van der Waals surface area (Å²) in [6, 6.07) is 1.36. The predicted octanol–water partition coefficient (Wildman–Crippen LogP) is 1.89. The van der Waals surface area contributed by atoms with E-state index in [-0.39, 0.29) is 23.9 Å². The third-order valence-corrected chi connectivity index (χ3v) is 3.55. The van der Waals surface area contributed by atoms with Gasteiger partial charge in [0.25, 0.3) is 5.69 Å². The lowest BCUT2D eigenvalue weighted by Crippen LogP contribution is -2.26. The van der Waals surface area contributed by atoms with Crippen LogP contribution in [0.2, 0.25) is 0 Å². The van der Waals surface area contributed by atoms with Gasteiger partial charge in [-0.1, -0.05) is 12.7 Å². The fourth-order valence-electron chi connectivity index (χ4n) is 1.84. The van der Waals surface area contributed by atoms with Crippen LogP contribution in [0, 0.1) is 10.1 Å². The van der Waals surface area contributed by atoms with E-state index in [2.05, 4.69) is 32.6 Å². The molecule has 1 rings (SSSR count). The van der Waals surface area contributed by atoms with Crippen LogP contribution in [0.3, 0.4) is 0 Å². The molecular weight excluding hydrogens is 342 g/mol. The molecule has 0 radical (unpaired) electrons. The van der Waals surface area contributed by atoms with Crippen molar-refractivity contribution in [1.29, 1.82) is 0 Å². The van der Waals surface area contributed by atoms with Gasteiger partial charge in [-0.3, -0.25) is 14.9 Å². The normalized spacial score (nSPS) is 10.2. The van der Waals surface area contributed by atoms with Gasteiger partial charge in [-0.2, -0.15) is 0 Å². The predicted molar refractivity (Wildman–Crippen MR) is 83.9 cm³/mol. The Labute approximate surface area is 130 Å². The van der Waals surface area contributed by atoms with Gasteiger partial charge in [0, 0.05) is 10.5 Å². The molecule has 1 aromatic rings. The Morgan fingerprint density at radius 2 is 2.33 bits per heavy atom. The van der Waals surface area contributed by atoms with E-state index in [1.54, 1.807) is 6.08 Å². The topological polar surface area (TPSA) is 107 Å². The minimum atomic E-state index is -0.529. The summed E-state index contributed by atoms with van der Waals surface area (Å²) in [5.74, 6) is -0.382. The van der Waals surface area contributed by atoms with Crippen LogP contribution in [0.4, 0.5) is 11.4 Å².